The second-order valence-electron chi connectivity index (χ2n) is 6.82. The Kier molecular flexibility index (Phi) is 5.72. The monoisotopic (exact) mass is 387 g/mol. The maximum absolute atomic E-state index is 12.9. The highest BCUT2D eigenvalue weighted by Crippen LogP contribution is 2.48. The average molecular weight is 387 g/mol. The second kappa shape index (κ2) is 8.04. The number of rotatable bonds is 5. The lowest BCUT2D eigenvalue weighted by Gasteiger charge is -2.35. The summed E-state index contributed by atoms with van der Waals surface area (Å²) in [5, 5.41) is 0. The molecule has 1 aliphatic carbocycles. The van der Waals surface area contributed by atoms with Gasteiger partial charge in [0.05, 0.1) is 28.4 Å². The summed E-state index contributed by atoms with van der Waals surface area (Å²) < 4.78 is 21.5. The molecule has 0 fully saturated rings. The fraction of sp³-hybridized carbons (Fsp3) is 0.476. The van der Waals surface area contributed by atoms with Gasteiger partial charge in [-0.15, -0.1) is 0 Å². The predicted octanol–water partition coefficient (Wildman–Crippen LogP) is 3.07. The van der Waals surface area contributed by atoms with Crippen LogP contribution in [0.3, 0.4) is 0 Å². The number of allylic oxidation sites excluding steroid dienone is 2. The summed E-state index contributed by atoms with van der Waals surface area (Å²) in [5.41, 5.74) is 2.61. The van der Waals surface area contributed by atoms with E-state index in [-0.39, 0.29) is 5.78 Å². The van der Waals surface area contributed by atoms with E-state index in [1.807, 2.05) is 0 Å². The van der Waals surface area contributed by atoms with Gasteiger partial charge in [0.1, 0.15) is 11.7 Å². The van der Waals surface area contributed by atoms with Crippen LogP contribution in [0.1, 0.15) is 37.7 Å². The molecule has 3 rings (SSSR count). The number of hydrogen-bond acceptors (Lipinski definition) is 7. The Bertz CT molecular complexity index is 870. The van der Waals surface area contributed by atoms with E-state index in [4.69, 9.17) is 18.9 Å². The molecule has 1 heterocycles. The van der Waals surface area contributed by atoms with E-state index in [2.05, 4.69) is 4.99 Å². The highest BCUT2D eigenvalue weighted by molar-refractivity contribution is 6.09. The Morgan fingerprint density at radius 2 is 1.64 bits per heavy atom. The molecule has 7 nitrogen and oxygen atoms in total. The van der Waals surface area contributed by atoms with Gasteiger partial charge >= 0.3 is 5.97 Å². The van der Waals surface area contributed by atoms with Gasteiger partial charge in [-0.3, -0.25) is 14.6 Å². The van der Waals surface area contributed by atoms with E-state index in [1.165, 1.54) is 21.3 Å². The van der Waals surface area contributed by atoms with Crippen molar-refractivity contribution in [2.24, 2.45) is 10.9 Å². The van der Waals surface area contributed by atoms with Crippen LogP contribution in [0.25, 0.3) is 0 Å². The van der Waals surface area contributed by atoms with Crippen LogP contribution in [0.5, 0.6) is 17.2 Å². The number of hydrogen-bond donors (Lipinski definition) is 0. The first kappa shape index (κ1) is 19.9. The number of carbonyl (C=O) groups is 2. The summed E-state index contributed by atoms with van der Waals surface area (Å²) in [7, 11) is 5.96. The molecule has 28 heavy (non-hydrogen) atoms. The van der Waals surface area contributed by atoms with E-state index >= 15 is 0 Å². The maximum Gasteiger partial charge on any atom is 0.315 e. The molecular formula is C21H25NO6. The van der Waals surface area contributed by atoms with Crippen molar-refractivity contribution in [1.82, 2.24) is 0 Å². The summed E-state index contributed by atoms with van der Waals surface area (Å²) in [6.45, 7) is 1.80. The van der Waals surface area contributed by atoms with Crippen molar-refractivity contribution in [3.05, 3.63) is 29.0 Å². The summed E-state index contributed by atoms with van der Waals surface area (Å²) in [6.07, 6.45) is 1.90. The molecule has 0 saturated heterocycles. The van der Waals surface area contributed by atoms with Gasteiger partial charge in [0.25, 0.3) is 0 Å². The molecule has 1 aromatic carbocycles. The van der Waals surface area contributed by atoms with Crippen molar-refractivity contribution in [1.29, 1.82) is 0 Å². The van der Waals surface area contributed by atoms with Gasteiger partial charge in [-0.1, -0.05) is 0 Å². The fourth-order valence-corrected chi connectivity index (χ4v) is 4.07. The number of nitrogens with zero attached hydrogens (tertiary/aromatic N) is 1. The molecule has 1 aliphatic heterocycles. The minimum atomic E-state index is -0.710. The first-order valence-electron chi connectivity index (χ1n) is 9.15. The molecule has 0 saturated carbocycles. The molecule has 1 aromatic rings. The zero-order chi connectivity index (χ0) is 20.4. The third kappa shape index (κ3) is 3.25. The number of ketones is 1. The van der Waals surface area contributed by atoms with Crippen molar-refractivity contribution in [3.63, 3.8) is 0 Å². The molecule has 150 valence electrons. The first-order chi connectivity index (χ1) is 13.5. The lowest BCUT2D eigenvalue weighted by Crippen LogP contribution is -2.37. The van der Waals surface area contributed by atoms with Crippen molar-refractivity contribution >= 4 is 17.5 Å². The molecule has 0 amide bonds. The smallest absolute Gasteiger partial charge is 0.315 e. The van der Waals surface area contributed by atoms with E-state index in [0.717, 1.165) is 12.1 Å². The normalized spacial score (nSPS) is 21.6. The van der Waals surface area contributed by atoms with E-state index in [9.17, 15) is 9.59 Å². The summed E-state index contributed by atoms with van der Waals surface area (Å²) in [5.74, 6) is -0.186. The van der Waals surface area contributed by atoms with Crippen molar-refractivity contribution in [3.8, 4) is 17.2 Å². The molecule has 0 spiro atoms. The van der Waals surface area contributed by atoms with E-state index < -0.39 is 17.8 Å². The van der Waals surface area contributed by atoms with Gasteiger partial charge in [0.15, 0.2) is 17.3 Å². The quantitative estimate of drug-likeness (QED) is 0.722. The summed E-state index contributed by atoms with van der Waals surface area (Å²) >= 11 is 0. The van der Waals surface area contributed by atoms with Crippen molar-refractivity contribution < 1.29 is 28.5 Å². The molecule has 0 N–H and O–H groups in total. The number of benzene rings is 1. The minimum absolute atomic E-state index is 0.00763. The Morgan fingerprint density at radius 3 is 2.25 bits per heavy atom. The van der Waals surface area contributed by atoms with Crippen molar-refractivity contribution in [2.45, 2.75) is 32.1 Å². The van der Waals surface area contributed by atoms with E-state index in [1.54, 1.807) is 26.2 Å². The van der Waals surface area contributed by atoms with Gasteiger partial charge in [-0.25, -0.2) is 0 Å². The predicted molar refractivity (Wildman–Crippen MR) is 103 cm³/mol. The fourth-order valence-electron chi connectivity index (χ4n) is 4.07. The van der Waals surface area contributed by atoms with Gasteiger partial charge in [-0.2, -0.15) is 0 Å². The SMILES string of the molecule is COC(=O)C1C(C)=NC2=C(C(=O)CCC2)[C@H]1c1cc(OC)c(OC)cc1OC. The molecule has 1 unspecified atom stereocenters. The van der Waals surface area contributed by atoms with Crippen LogP contribution in [0.2, 0.25) is 0 Å². The lowest BCUT2D eigenvalue weighted by atomic mass is 9.71. The third-order valence-electron chi connectivity index (χ3n) is 5.36. The van der Waals surface area contributed by atoms with Gasteiger partial charge in [0, 0.05) is 41.0 Å². The van der Waals surface area contributed by atoms with Crippen LogP contribution in [-0.2, 0) is 14.3 Å². The van der Waals surface area contributed by atoms with Crippen LogP contribution < -0.4 is 14.2 Å². The minimum Gasteiger partial charge on any atom is -0.496 e. The third-order valence-corrected chi connectivity index (χ3v) is 5.36. The summed E-state index contributed by atoms with van der Waals surface area (Å²) in [4.78, 5) is 30.2. The largest absolute Gasteiger partial charge is 0.496 e. The molecule has 7 heteroatoms. The van der Waals surface area contributed by atoms with Crippen LogP contribution in [0.4, 0.5) is 0 Å². The Balaban J connectivity index is 2.28. The molecule has 2 atom stereocenters. The van der Waals surface area contributed by atoms with Gasteiger partial charge in [0.2, 0.25) is 0 Å². The Hall–Kier alpha value is -2.83. The molecule has 0 aromatic heterocycles. The van der Waals surface area contributed by atoms with Crippen molar-refractivity contribution in [2.75, 3.05) is 28.4 Å². The summed E-state index contributed by atoms with van der Waals surface area (Å²) in [6, 6.07) is 3.47. The number of aliphatic imine (C=N–C) groups is 1. The molecular weight excluding hydrogens is 362 g/mol. The number of Topliss-reactive ketones (excluding diaryl/α,β-unsaturated/α-hetero) is 1. The zero-order valence-corrected chi connectivity index (χ0v) is 16.8. The molecule has 2 aliphatic rings. The van der Waals surface area contributed by atoms with Crippen LogP contribution in [0, 0.1) is 5.92 Å². The number of esters is 1. The van der Waals surface area contributed by atoms with Crippen LogP contribution >= 0.6 is 0 Å². The van der Waals surface area contributed by atoms with Gasteiger partial charge < -0.3 is 18.9 Å². The highest BCUT2D eigenvalue weighted by atomic mass is 16.5. The Labute approximate surface area is 164 Å². The first-order valence-corrected chi connectivity index (χ1v) is 9.15. The maximum atomic E-state index is 12.9. The van der Waals surface area contributed by atoms with Gasteiger partial charge in [-0.05, 0) is 25.8 Å². The number of carbonyl (C=O) groups excluding carboxylic acids is 2. The average Bonchev–Trinajstić information content (AvgIpc) is 2.71. The second-order valence-corrected chi connectivity index (χ2v) is 6.82. The zero-order valence-electron chi connectivity index (χ0n) is 16.8. The van der Waals surface area contributed by atoms with E-state index in [0.29, 0.717) is 46.9 Å². The molecule has 0 bridgehead atoms. The Morgan fingerprint density at radius 1 is 1.00 bits per heavy atom. The highest BCUT2D eigenvalue weighted by Gasteiger charge is 2.44. The lowest BCUT2D eigenvalue weighted by molar-refractivity contribution is -0.143. The number of methoxy groups -OCH3 is 4. The topological polar surface area (TPSA) is 83.4 Å². The standard InChI is InChI=1S/C21H25NO6/c1-11-18(21(24)28-5)19(20-13(22-11)7-6-8-14(20)23)12-9-16(26-3)17(27-4)10-15(12)25-2/h9-10,18-19H,6-8H2,1-5H3/t18?,19-/m0/s1. The van der Waals surface area contributed by atoms with Crippen LogP contribution in [-0.4, -0.2) is 45.9 Å². The number of ether oxygens (including phenoxy) is 4. The van der Waals surface area contributed by atoms with Crippen LogP contribution in [0.15, 0.2) is 28.4 Å². The molecule has 0 radical (unpaired) electrons.